The number of hydrogen-bond donors (Lipinski definition) is 1. The van der Waals surface area contributed by atoms with Crippen LogP contribution in [0.4, 0.5) is 17.1 Å². The fourth-order valence-electron chi connectivity index (χ4n) is 10.8. The van der Waals surface area contributed by atoms with Gasteiger partial charge in [-0.05, 0) is 165 Å². The first kappa shape index (κ1) is 51.8. The lowest BCUT2D eigenvalue weighted by atomic mass is 9.98. The number of carbonyl (C=O) groups is 3. The molecule has 0 saturated heterocycles. The van der Waals surface area contributed by atoms with E-state index in [1.165, 1.54) is 11.1 Å². The minimum atomic E-state index is -0.790. The van der Waals surface area contributed by atoms with Gasteiger partial charge in [-0.25, -0.2) is 0 Å². The number of aryl methyl sites for hydroxylation is 3. The molecule has 14 heteroatoms. The molecule has 0 bridgehead atoms. The van der Waals surface area contributed by atoms with Gasteiger partial charge in [0.05, 0.1) is 40.1 Å². The minimum Gasteiger partial charge on any atom is -0.493 e. The Morgan fingerprint density at radius 1 is 0.699 bits per heavy atom. The standard InChI is InChI=1S/C59H69N3O10S/c1-39-27-49-42(16-18-46-31-44-11-6-8-13-51(44)61(46)57(49)65)33-53(39)71-36-40-28-41(30-48(29-40)60(20-21-69-24-25-70-23-22-67-4)38-59(2,3)73-26-10-15-56(63)64)37-72-55-34-43-17-19-47-32-45-12-7-9-14-52(45)62(47)58(66)50(43)35-54(55)68-5/h6-9,11-14,27-30,33-35,46-47H,10,15-26,31-32,36-38H2,1-5H3,(H,63,64)/t46-,47-/m1/s1. The van der Waals surface area contributed by atoms with Crippen LogP contribution in [0.25, 0.3) is 0 Å². The van der Waals surface area contributed by atoms with Crippen molar-refractivity contribution in [3.8, 4) is 17.2 Å². The van der Waals surface area contributed by atoms with Crippen LogP contribution in [-0.2, 0) is 57.9 Å². The number of para-hydroxylation sites is 2. The van der Waals surface area contributed by atoms with Gasteiger partial charge in [-0.1, -0.05) is 36.4 Å². The van der Waals surface area contributed by atoms with Gasteiger partial charge < -0.3 is 48.2 Å². The van der Waals surface area contributed by atoms with Gasteiger partial charge in [0.2, 0.25) is 0 Å². The van der Waals surface area contributed by atoms with Crippen LogP contribution in [0.2, 0.25) is 0 Å². The number of carbonyl (C=O) groups excluding carboxylic acids is 2. The first-order valence-corrected chi connectivity index (χ1v) is 26.7. The molecule has 4 heterocycles. The summed E-state index contributed by atoms with van der Waals surface area (Å²) in [5.74, 6) is 1.75. The molecule has 0 unspecified atom stereocenters. The van der Waals surface area contributed by atoms with E-state index >= 15 is 0 Å². The highest BCUT2D eigenvalue weighted by molar-refractivity contribution is 8.00. The molecule has 0 saturated carbocycles. The van der Waals surface area contributed by atoms with Crippen molar-refractivity contribution in [1.82, 2.24) is 0 Å². The minimum absolute atomic E-state index is 0.0160. The van der Waals surface area contributed by atoms with E-state index in [-0.39, 0.29) is 48.3 Å². The highest BCUT2D eigenvalue weighted by Crippen LogP contribution is 2.42. The number of amides is 2. The number of carboxylic acid groups (broad SMARTS) is 1. The Hall–Kier alpha value is -6.06. The summed E-state index contributed by atoms with van der Waals surface area (Å²) in [4.78, 5) is 46.1. The Balaban J connectivity index is 0.991. The van der Waals surface area contributed by atoms with Gasteiger partial charge in [-0.2, -0.15) is 11.8 Å². The van der Waals surface area contributed by atoms with Gasteiger partial charge in [0.15, 0.2) is 11.5 Å². The summed E-state index contributed by atoms with van der Waals surface area (Å²) in [6.07, 6.45) is 5.63. The summed E-state index contributed by atoms with van der Waals surface area (Å²) in [5.41, 5.74) is 11.4. The third kappa shape index (κ3) is 12.2. The molecule has 0 spiro atoms. The monoisotopic (exact) mass is 1010 g/mol. The molecule has 0 fully saturated rings. The first-order valence-electron chi connectivity index (χ1n) is 25.7. The second-order valence-corrected chi connectivity index (χ2v) is 22.0. The zero-order valence-electron chi connectivity index (χ0n) is 42.9. The van der Waals surface area contributed by atoms with Crippen molar-refractivity contribution in [3.63, 3.8) is 0 Å². The third-order valence-corrected chi connectivity index (χ3v) is 15.8. The maximum absolute atomic E-state index is 14.3. The fourth-order valence-corrected chi connectivity index (χ4v) is 11.9. The quantitative estimate of drug-likeness (QED) is 0.0590. The number of thioether (sulfide) groups is 1. The molecule has 9 rings (SSSR count). The molecule has 386 valence electrons. The molecule has 4 aliphatic rings. The SMILES string of the molecule is COCCOCCOCCN(CC(C)(C)SCCCC(=O)O)c1cc(COc2cc3c(cc2C)C(=O)N2c4ccccc4C[C@H]2CC3)cc(COc2cc3c(cc2OC)C(=O)N2c4ccccc4C[C@H]2CC3)c1. The van der Waals surface area contributed by atoms with Crippen LogP contribution in [0, 0.1) is 6.92 Å². The van der Waals surface area contributed by atoms with Gasteiger partial charge in [0.1, 0.15) is 19.0 Å². The maximum Gasteiger partial charge on any atom is 0.303 e. The smallest absolute Gasteiger partial charge is 0.303 e. The van der Waals surface area contributed by atoms with Crippen LogP contribution in [0.5, 0.6) is 17.2 Å². The van der Waals surface area contributed by atoms with Crippen molar-refractivity contribution < 1.29 is 47.9 Å². The summed E-state index contributed by atoms with van der Waals surface area (Å²) < 4.78 is 36.0. The number of benzene rings is 5. The van der Waals surface area contributed by atoms with E-state index in [0.29, 0.717) is 75.4 Å². The first-order chi connectivity index (χ1) is 35.4. The Labute approximate surface area is 434 Å². The van der Waals surface area contributed by atoms with Gasteiger partial charge in [-0.3, -0.25) is 14.4 Å². The number of nitrogens with zero attached hydrogens (tertiary/aromatic N) is 3. The average Bonchev–Trinajstić information content (AvgIpc) is 3.88. The van der Waals surface area contributed by atoms with Gasteiger partial charge in [0, 0.05) is 71.6 Å². The normalized spacial score (nSPS) is 16.7. The van der Waals surface area contributed by atoms with E-state index in [1.54, 1.807) is 26.0 Å². The number of aliphatic carboxylic acids is 1. The molecular formula is C59H69N3O10S. The van der Waals surface area contributed by atoms with Crippen LogP contribution in [0.15, 0.2) is 91.0 Å². The largest absolute Gasteiger partial charge is 0.493 e. The highest BCUT2D eigenvalue weighted by atomic mass is 32.2. The van der Waals surface area contributed by atoms with Gasteiger partial charge in [0.25, 0.3) is 11.8 Å². The van der Waals surface area contributed by atoms with E-state index in [0.717, 1.165) is 94.7 Å². The van der Waals surface area contributed by atoms with E-state index in [1.807, 2.05) is 65.3 Å². The van der Waals surface area contributed by atoms with Gasteiger partial charge >= 0.3 is 5.97 Å². The molecule has 13 nitrogen and oxygen atoms in total. The number of ether oxygens (including phenoxy) is 6. The zero-order valence-corrected chi connectivity index (χ0v) is 43.7. The molecule has 0 aliphatic carbocycles. The van der Waals surface area contributed by atoms with E-state index < -0.39 is 5.97 Å². The molecule has 73 heavy (non-hydrogen) atoms. The second kappa shape index (κ2) is 23.4. The fraction of sp³-hybridized carbons (Fsp3) is 0.441. The van der Waals surface area contributed by atoms with Crippen molar-refractivity contribution in [3.05, 3.63) is 141 Å². The molecule has 2 atom stereocenters. The summed E-state index contributed by atoms with van der Waals surface area (Å²) >= 11 is 1.76. The highest BCUT2D eigenvalue weighted by Gasteiger charge is 2.39. The van der Waals surface area contributed by atoms with Crippen LogP contribution >= 0.6 is 11.8 Å². The summed E-state index contributed by atoms with van der Waals surface area (Å²) in [5, 5.41) is 9.33. The number of rotatable bonds is 24. The van der Waals surface area contributed by atoms with Crippen molar-refractivity contribution in [2.45, 2.75) is 102 Å². The van der Waals surface area contributed by atoms with E-state index in [4.69, 9.17) is 28.4 Å². The van der Waals surface area contributed by atoms with E-state index in [2.05, 4.69) is 61.2 Å². The second-order valence-electron chi connectivity index (χ2n) is 20.2. The van der Waals surface area contributed by atoms with Crippen LogP contribution in [-0.4, -0.2) is 106 Å². The topological polar surface area (TPSA) is 137 Å². The van der Waals surface area contributed by atoms with Crippen molar-refractivity contribution >= 4 is 46.6 Å². The predicted molar refractivity (Wildman–Crippen MR) is 287 cm³/mol. The van der Waals surface area contributed by atoms with E-state index in [9.17, 15) is 19.5 Å². The Kier molecular flexibility index (Phi) is 16.6. The summed E-state index contributed by atoms with van der Waals surface area (Å²) in [6, 6.07) is 31.0. The summed E-state index contributed by atoms with van der Waals surface area (Å²) in [6.45, 7) is 10.5. The molecule has 0 aromatic heterocycles. The number of fused-ring (bicyclic) bond motifs is 8. The van der Waals surface area contributed by atoms with Crippen LogP contribution < -0.4 is 28.9 Å². The Morgan fingerprint density at radius 3 is 1.86 bits per heavy atom. The predicted octanol–water partition coefficient (Wildman–Crippen LogP) is 10.1. The molecule has 1 N–H and O–H groups in total. The number of carboxylic acids is 1. The lowest BCUT2D eigenvalue weighted by Crippen LogP contribution is -2.39. The molecule has 5 aromatic rings. The average molecular weight is 1010 g/mol. The molecule has 5 aromatic carbocycles. The van der Waals surface area contributed by atoms with Crippen LogP contribution in [0.3, 0.4) is 0 Å². The third-order valence-electron chi connectivity index (χ3n) is 14.4. The molecule has 4 aliphatic heterocycles. The Morgan fingerprint density at radius 2 is 1.26 bits per heavy atom. The number of anilines is 3. The zero-order chi connectivity index (χ0) is 51.1. The van der Waals surface area contributed by atoms with Crippen molar-refractivity contribution in [2.24, 2.45) is 0 Å². The molecule has 2 amide bonds. The van der Waals surface area contributed by atoms with Crippen LogP contribution in [0.1, 0.15) is 99.2 Å². The van der Waals surface area contributed by atoms with Crippen molar-refractivity contribution in [1.29, 1.82) is 0 Å². The molecule has 0 radical (unpaired) electrons. The lowest BCUT2D eigenvalue weighted by Gasteiger charge is -2.34. The van der Waals surface area contributed by atoms with Crippen molar-refractivity contribution in [2.75, 3.05) is 80.8 Å². The lowest BCUT2D eigenvalue weighted by molar-refractivity contribution is -0.137. The van der Waals surface area contributed by atoms with Gasteiger partial charge in [-0.15, -0.1) is 0 Å². The Bertz CT molecular complexity index is 2800. The summed E-state index contributed by atoms with van der Waals surface area (Å²) in [7, 11) is 3.26. The number of methoxy groups -OCH3 is 2. The number of hydrogen-bond acceptors (Lipinski definition) is 11. The molecular weight excluding hydrogens is 943 g/mol. The maximum atomic E-state index is 14.3.